The van der Waals surface area contributed by atoms with Crippen LogP contribution in [0.15, 0.2) is 0 Å². The highest BCUT2D eigenvalue weighted by Gasteiger charge is 2.34. The lowest BCUT2D eigenvalue weighted by atomic mass is 9.78. The molecule has 0 aromatic carbocycles. The van der Waals surface area contributed by atoms with Gasteiger partial charge in [-0.1, -0.05) is 26.7 Å². The third-order valence-electron chi connectivity index (χ3n) is 3.39. The molecular weight excluding hydrogens is 228 g/mol. The van der Waals surface area contributed by atoms with E-state index in [1.54, 1.807) is 7.11 Å². The molecule has 0 aromatic rings. The van der Waals surface area contributed by atoms with Crippen molar-refractivity contribution in [3.63, 3.8) is 0 Å². The molecule has 0 atom stereocenters. The van der Waals surface area contributed by atoms with Gasteiger partial charge >= 0.3 is 0 Å². The number of hydrogen-bond donors (Lipinski definition) is 2. The van der Waals surface area contributed by atoms with Crippen LogP contribution < -0.4 is 11.1 Å². The van der Waals surface area contributed by atoms with Gasteiger partial charge < -0.3 is 15.8 Å². The molecule has 0 unspecified atom stereocenters. The molecule has 0 aliphatic heterocycles. The minimum Gasteiger partial charge on any atom is -0.385 e. The topological polar surface area (TPSA) is 64.4 Å². The highest BCUT2D eigenvalue weighted by molar-refractivity contribution is 5.82. The van der Waals surface area contributed by atoms with E-state index in [2.05, 4.69) is 19.2 Å². The predicted octanol–water partition coefficient (Wildman–Crippen LogP) is 2.07. The summed E-state index contributed by atoms with van der Waals surface area (Å²) in [5.41, 5.74) is 5.50. The Kier molecular flexibility index (Phi) is 9.98. The Hall–Kier alpha value is -0.610. The lowest BCUT2D eigenvalue weighted by molar-refractivity contribution is -0.131. The first-order valence-electron chi connectivity index (χ1n) is 7.14. The predicted molar refractivity (Wildman–Crippen MR) is 75.4 cm³/mol. The van der Waals surface area contributed by atoms with Crippen LogP contribution in [-0.4, -0.2) is 32.7 Å². The smallest absolute Gasteiger partial charge is 0.227 e. The standard InChI is InChI=1S/C14H30N2O2/c1-4-8-14(12-15,9-5-2)13(17)16-10-6-7-11-18-3/h4-12,15H2,1-3H3,(H,16,17). The fraction of sp³-hybridized carbons (Fsp3) is 0.929. The van der Waals surface area contributed by atoms with Crippen LogP contribution in [0.3, 0.4) is 0 Å². The minimum atomic E-state index is -0.356. The largest absolute Gasteiger partial charge is 0.385 e. The summed E-state index contributed by atoms with van der Waals surface area (Å²) in [7, 11) is 1.69. The van der Waals surface area contributed by atoms with Gasteiger partial charge in [-0.05, 0) is 25.7 Å². The van der Waals surface area contributed by atoms with Crippen LogP contribution >= 0.6 is 0 Å². The molecule has 0 aliphatic rings. The zero-order valence-corrected chi connectivity index (χ0v) is 12.3. The number of nitrogens with one attached hydrogen (secondary N) is 1. The SMILES string of the molecule is CCCC(CN)(CCC)C(=O)NCCCCOC. The lowest BCUT2D eigenvalue weighted by Gasteiger charge is -2.30. The molecule has 1 amide bonds. The maximum atomic E-state index is 12.3. The summed E-state index contributed by atoms with van der Waals surface area (Å²) < 4.78 is 4.98. The van der Waals surface area contributed by atoms with Crippen LogP contribution in [-0.2, 0) is 9.53 Å². The number of nitrogens with two attached hydrogens (primary N) is 1. The fourth-order valence-electron chi connectivity index (χ4n) is 2.37. The number of carbonyl (C=O) groups excluding carboxylic acids is 1. The van der Waals surface area contributed by atoms with Gasteiger partial charge in [-0.15, -0.1) is 0 Å². The molecule has 0 rings (SSSR count). The zero-order valence-electron chi connectivity index (χ0n) is 12.3. The monoisotopic (exact) mass is 258 g/mol. The second-order valence-corrected chi connectivity index (χ2v) is 4.94. The third-order valence-corrected chi connectivity index (χ3v) is 3.39. The number of ether oxygens (including phenoxy) is 1. The van der Waals surface area contributed by atoms with E-state index in [1.165, 1.54) is 0 Å². The molecule has 0 saturated carbocycles. The van der Waals surface area contributed by atoms with Gasteiger partial charge in [0.2, 0.25) is 5.91 Å². The van der Waals surface area contributed by atoms with Crippen molar-refractivity contribution in [1.82, 2.24) is 5.32 Å². The van der Waals surface area contributed by atoms with Gasteiger partial charge in [0.1, 0.15) is 0 Å². The van der Waals surface area contributed by atoms with Crippen molar-refractivity contribution in [1.29, 1.82) is 0 Å². The molecule has 0 spiro atoms. The van der Waals surface area contributed by atoms with Gasteiger partial charge in [-0.25, -0.2) is 0 Å². The second-order valence-electron chi connectivity index (χ2n) is 4.94. The highest BCUT2D eigenvalue weighted by atomic mass is 16.5. The van der Waals surface area contributed by atoms with E-state index in [1.807, 2.05) is 0 Å². The Morgan fingerprint density at radius 2 is 1.83 bits per heavy atom. The van der Waals surface area contributed by atoms with E-state index in [-0.39, 0.29) is 11.3 Å². The number of unbranched alkanes of at least 4 members (excludes halogenated alkanes) is 1. The van der Waals surface area contributed by atoms with Crippen molar-refractivity contribution in [2.24, 2.45) is 11.1 Å². The summed E-state index contributed by atoms with van der Waals surface area (Å²) in [4.78, 5) is 12.3. The van der Waals surface area contributed by atoms with E-state index < -0.39 is 0 Å². The lowest BCUT2D eigenvalue weighted by Crippen LogP contribution is -2.46. The Bertz CT molecular complexity index is 214. The van der Waals surface area contributed by atoms with Crippen molar-refractivity contribution in [2.75, 3.05) is 26.8 Å². The third kappa shape index (κ3) is 5.83. The zero-order chi connectivity index (χ0) is 13.9. The van der Waals surface area contributed by atoms with Gasteiger partial charge in [0.25, 0.3) is 0 Å². The molecule has 18 heavy (non-hydrogen) atoms. The number of carbonyl (C=O) groups is 1. The van der Waals surface area contributed by atoms with Gasteiger partial charge in [0.15, 0.2) is 0 Å². The van der Waals surface area contributed by atoms with Gasteiger partial charge in [0, 0.05) is 26.8 Å². The number of methoxy groups -OCH3 is 1. The quantitative estimate of drug-likeness (QED) is 0.558. The van der Waals surface area contributed by atoms with Gasteiger partial charge in [-0.3, -0.25) is 4.79 Å². The molecule has 0 aromatic heterocycles. The Balaban J connectivity index is 4.20. The summed E-state index contributed by atoms with van der Waals surface area (Å²) in [6, 6.07) is 0. The first-order valence-corrected chi connectivity index (χ1v) is 7.14. The maximum Gasteiger partial charge on any atom is 0.227 e. The van der Waals surface area contributed by atoms with Gasteiger partial charge in [0.05, 0.1) is 5.41 Å². The summed E-state index contributed by atoms with van der Waals surface area (Å²) in [6.07, 6.45) is 5.68. The molecule has 0 aliphatic carbocycles. The Morgan fingerprint density at radius 3 is 2.28 bits per heavy atom. The van der Waals surface area contributed by atoms with E-state index >= 15 is 0 Å². The number of hydrogen-bond acceptors (Lipinski definition) is 3. The van der Waals surface area contributed by atoms with Crippen LogP contribution in [0.5, 0.6) is 0 Å². The summed E-state index contributed by atoms with van der Waals surface area (Å²) >= 11 is 0. The molecule has 0 heterocycles. The molecule has 4 heteroatoms. The first kappa shape index (κ1) is 17.4. The molecule has 108 valence electrons. The maximum absolute atomic E-state index is 12.3. The summed E-state index contributed by atoms with van der Waals surface area (Å²) in [6.45, 7) is 6.12. The van der Waals surface area contributed by atoms with Crippen LogP contribution in [0.25, 0.3) is 0 Å². The summed E-state index contributed by atoms with van der Waals surface area (Å²) in [5.74, 6) is 0.131. The molecule has 0 bridgehead atoms. The van der Waals surface area contributed by atoms with Crippen molar-refractivity contribution in [3.8, 4) is 0 Å². The van der Waals surface area contributed by atoms with Crippen LogP contribution in [0.1, 0.15) is 52.4 Å². The van der Waals surface area contributed by atoms with Crippen molar-refractivity contribution in [3.05, 3.63) is 0 Å². The average Bonchev–Trinajstić information content (AvgIpc) is 2.37. The molecule has 3 N–H and O–H groups in total. The Labute approximate surface area is 112 Å². The Morgan fingerprint density at radius 1 is 1.22 bits per heavy atom. The average molecular weight is 258 g/mol. The first-order chi connectivity index (χ1) is 8.66. The second kappa shape index (κ2) is 10.3. The molecular formula is C14H30N2O2. The van der Waals surface area contributed by atoms with Crippen molar-refractivity contribution < 1.29 is 9.53 Å². The van der Waals surface area contributed by atoms with Crippen LogP contribution in [0.2, 0.25) is 0 Å². The van der Waals surface area contributed by atoms with Crippen molar-refractivity contribution in [2.45, 2.75) is 52.4 Å². The molecule has 4 nitrogen and oxygen atoms in total. The summed E-state index contributed by atoms with van der Waals surface area (Å²) in [5, 5.41) is 3.03. The fourth-order valence-corrected chi connectivity index (χ4v) is 2.37. The highest BCUT2D eigenvalue weighted by Crippen LogP contribution is 2.28. The molecule has 0 radical (unpaired) electrons. The molecule has 0 saturated heterocycles. The van der Waals surface area contributed by atoms with E-state index in [0.717, 1.165) is 51.7 Å². The molecule has 0 fully saturated rings. The van der Waals surface area contributed by atoms with E-state index in [9.17, 15) is 4.79 Å². The van der Waals surface area contributed by atoms with E-state index in [4.69, 9.17) is 10.5 Å². The normalized spacial score (nSPS) is 11.6. The van der Waals surface area contributed by atoms with E-state index in [0.29, 0.717) is 6.54 Å². The van der Waals surface area contributed by atoms with Gasteiger partial charge in [-0.2, -0.15) is 0 Å². The number of amides is 1. The van der Waals surface area contributed by atoms with Crippen LogP contribution in [0.4, 0.5) is 0 Å². The van der Waals surface area contributed by atoms with Crippen LogP contribution in [0, 0.1) is 5.41 Å². The minimum absolute atomic E-state index is 0.131. The number of rotatable bonds is 11. The van der Waals surface area contributed by atoms with Crippen molar-refractivity contribution >= 4 is 5.91 Å².